The van der Waals surface area contributed by atoms with E-state index in [9.17, 15) is 19.2 Å². The average molecular weight is 611 g/mol. The topological polar surface area (TPSA) is 145 Å². The Kier molecular flexibility index (Phi) is 11.4. The van der Waals surface area contributed by atoms with E-state index in [1.807, 2.05) is 29.9 Å². The number of ether oxygens (including phenoxy) is 3. The molecule has 13 heteroatoms. The zero-order chi connectivity index (χ0) is 31.5. The number of carbonyl (C=O) groups excluding carboxylic acids is 4. The Morgan fingerprint density at radius 2 is 1.84 bits per heavy atom. The molecule has 2 aromatic heterocycles. The van der Waals surface area contributed by atoms with Crippen LogP contribution in [0.15, 0.2) is 42.9 Å². The lowest BCUT2D eigenvalue weighted by molar-refractivity contribution is -0.156. The highest BCUT2D eigenvalue weighted by Gasteiger charge is 2.40. The molecule has 3 amide bonds. The second kappa shape index (κ2) is 15.4. The zero-order valence-electron chi connectivity index (χ0n) is 25.7. The first-order valence-electron chi connectivity index (χ1n) is 15.0. The Morgan fingerprint density at radius 1 is 1.07 bits per heavy atom. The summed E-state index contributed by atoms with van der Waals surface area (Å²) >= 11 is 0. The van der Waals surface area contributed by atoms with E-state index in [1.165, 1.54) is 0 Å². The Morgan fingerprint density at radius 3 is 2.59 bits per heavy atom. The molecule has 2 aliphatic rings. The van der Waals surface area contributed by atoms with Crippen LogP contribution in [0.3, 0.4) is 0 Å². The molecule has 0 saturated carbocycles. The number of fused-ring (bicyclic) bond motifs is 18. The van der Waals surface area contributed by atoms with E-state index >= 15 is 0 Å². The van der Waals surface area contributed by atoms with Gasteiger partial charge < -0.3 is 34.3 Å². The summed E-state index contributed by atoms with van der Waals surface area (Å²) in [5, 5.41) is 10.1. The van der Waals surface area contributed by atoms with E-state index in [-0.39, 0.29) is 43.9 Å². The van der Waals surface area contributed by atoms with Crippen LogP contribution in [0.25, 0.3) is 5.65 Å². The molecule has 1 atom stereocenters. The first-order valence-corrected chi connectivity index (χ1v) is 15.0. The fraction of sp³-hybridized carbons (Fsp3) is 0.516. The van der Waals surface area contributed by atoms with E-state index in [2.05, 4.69) is 15.7 Å². The molecule has 238 valence electrons. The number of aromatic nitrogens is 3. The minimum absolute atomic E-state index is 0.0664. The van der Waals surface area contributed by atoms with Crippen molar-refractivity contribution in [2.45, 2.75) is 39.0 Å². The molecule has 1 aromatic carbocycles. The number of rotatable bonds is 6. The molecule has 0 aliphatic carbocycles. The van der Waals surface area contributed by atoms with Gasteiger partial charge in [-0.3, -0.25) is 19.2 Å². The van der Waals surface area contributed by atoms with Crippen molar-refractivity contribution in [1.29, 1.82) is 0 Å². The largest absolute Gasteiger partial charge is 0.484 e. The fourth-order valence-corrected chi connectivity index (χ4v) is 5.33. The van der Waals surface area contributed by atoms with Crippen LogP contribution in [0.5, 0.6) is 5.75 Å². The van der Waals surface area contributed by atoms with Crippen LogP contribution in [-0.4, -0.2) is 95.9 Å². The van der Waals surface area contributed by atoms with Crippen molar-refractivity contribution in [1.82, 2.24) is 29.7 Å². The first kappa shape index (κ1) is 32.5. The molecule has 2 N–H and O–H groups in total. The van der Waals surface area contributed by atoms with Gasteiger partial charge in [0.15, 0.2) is 6.61 Å². The van der Waals surface area contributed by atoms with Crippen molar-refractivity contribution >= 4 is 29.3 Å². The normalized spacial score (nSPS) is 19.2. The van der Waals surface area contributed by atoms with Crippen molar-refractivity contribution in [3.63, 3.8) is 0 Å². The van der Waals surface area contributed by atoms with E-state index in [4.69, 9.17) is 14.2 Å². The number of carbonyl (C=O) groups is 4. The molecule has 3 aromatic rings. The van der Waals surface area contributed by atoms with Crippen LogP contribution in [0.2, 0.25) is 0 Å². The Balaban J connectivity index is 1.55. The monoisotopic (exact) mass is 610 g/mol. The van der Waals surface area contributed by atoms with Crippen LogP contribution in [0.1, 0.15) is 48.5 Å². The van der Waals surface area contributed by atoms with Crippen molar-refractivity contribution < 1.29 is 33.4 Å². The van der Waals surface area contributed by atoms with Gasteiger partial charge >= 0.3 is 5.97 Å². The zero-order valence-corrected chi connectivity index (χ0v) is 25.7. The van der Waals surface area contributed by atoms with E-state index in [0.29, 0.717) is 68.9 Å². The van der Waals surface area contributed by atoms with Crippen molar-refractivity contribution in [2.75, 3.05) is 53.1 Å². The average Bonchev–Trinajstić information content (AvgIpc) is 3.61. The second-order valence-electron chi connectivity index (χ2n) is 11.0. The quantitative estimate of drug-likeness (QED) is 0.402. The maximum Gasteiger partial charge on any atom is 0.314 e. The van der Waals surface area contributed by atoms with Gasteiger partial charge in [-0.15, -0.1) is 0 Å². The number of benzene rings is 1. The molecule has 0 spiro atoms. The van der Waals surface area contributed by atoms with Crippen molar-refractivity contribution in [3.05, 3.63) is 54.0 Å². The number of hydrogen-bond acceptors (Lipinski definition) is 8. The molecule has 4 heterocycles. The number of esters is 1. The van der Waals surface area contributed by atoms with Gasteiger partial charge in [0.25, 0.3) is 11.8 Å². The minimum atomic E-state index is -1.06. The first-order chi connectivity index (χ1) is 21.3. The summed E-state index contributed by atoms with van der Waals surface area (Å²) in [6.45, 7) is 3.20. The highest BCUT2D eigenvalue weighted by molar-refractivity contribution is 5.99. The third kappa shape index (κ3) is 8.16. The van der Waals surface area contributed by atoms with Crippen LogP contribution in [0, 0.1) is 5.41 Å². The molecule has 2 bridgehead atoms. The van der Waals surface area contributed by atoms with Crippen LogP contribution < -0.4 is 15.4 Å². The summed E-state index contributed by atoms with van der Waals surface area (Å²) in [5.41, 5.74) is 0.910. The molecular formula is C31H42N6O7. The predicted molar refractivity (Wildman–Crippen MR) is 161 cm³/mol. The van der Waals surface area contributed by atoms with Crippen LogP contribution in [-0.2, 0) is 37.3 Å². The van der Waals surface area contributed by atoms with Gasteiger partial charge in [0.05, 0.1) is 18.2 Å². The number of hydrogen-bond donors (Lipinski definition) is 2. The number of amides is 3. The molecule has 44 heavy (non-hydrogen) atoms. The number of methoxy groups -OCH3 is 1. The SMILES string of the molecule is CCOC(=O)C1(CCOC)CNC(=O)CCCN(C(=O)c2cnn3ccn(C)c23)CCCNC(=O)COc2ccc(cc2)C1. The maximum atomic E-state index is 13.6. The maximum absolute atomic E-state index is 13.6. The number of nitrogens with zero attached hydrogens (tertiary/aromatic N) is 4. The van der Waals surface area contributed by atoms with Gasteiger partial charge in [0.1, 0.15) is 17.0 Å². The predicted octanol–water partition coefficient (Wildman–Crippen LogP) is 1.74. The van der Waals surface area contributed by atoms with Gasteiger partial charge in [0, 0.05) is 65.8 Å². The van der Waals surface area contributed by atoms with Crippen LogP contribution >= 0.6 is 0 Å². The summed E-state index contributed by atoms with van der Waals surface area (Å²) in [4.78, 5) is 54.2. The number of aryl methyl sites for hydroxylation is 1. The summed E-state index contributed by atoms with van der Waals surface area (Å²) in [7, 11) is 3.40. The highest BCUT2D eigenvalue weighted by Crippen LogP contribution is 2.30. The highest BCUT2D eigenvalue weighted by atomic mass is 16.5. The van der Waals surface area contributed by atoms with E-state index in [0.717, 1.165) is 5.56 Å². The third-order valence-electron chi connectivity index (χ3n) is 7.76. The molecule has 0 fully saturated rings. The van der Waals surface area contributed by atoms with Crippen molar-refractivity contribution in [3.8, 4) is 5.75 Å². The molecule has 0 radical (unpaired) electrons. The standard InChI is InChI=1S/C31H42N6O7/c1-4-43-30(41)31(12-18-42-3)19-23-8-10-24(11-9-23)44-21-27(39)32-13-6-15-36(14-5-7-26(38)33-22-31)29(40)25-20-34-37-17-16-35(2)28(25)37/h8-11,16-17,20H,4-7,12-15,18-19,21-22H2,1-3H3,(H,32,39)(H,33,38). The lowest BCUT2D eigenvalue weighted by atomic mass is 9.78. The smallest absolute Gasteiger partial charge is 0.314 e. The Labute approximate surface area is 256 Å². The van der Waals surface area contributed by atoms with Gasteiger partial charge in [-0.2, -0.15) is 5.10 Å². The van der Waals surface area contributed by atoms with Gasteiger partial charge in [-0.05, 0) is 50.3 Å². The fourth-order valence-electron chi connectivity index (χ4n) is 5.33. The summed E-state index contributed by atoms with van der Waals surface area (Å²) in [6, 6.07) is 7.17. The number of imidazole rings is 1. The molecular weight excluding hydrogens is 568 g/mol. The second-order valence-corrected chi connectivity index (χ2v) is 11.0. The lowest BCUT2D eigenvalue weighted by Gasteiger charge is -2.32. The summed E-state index contributed by atoms with van der Waals surface area (Å²) in [5.74, 6) is -0.620. The van der Waals surface area contributed by atoms with Gasteiger partial charge in [-0.25, -0.2) is 4.52 Å². The van der Waals surface area contributed by atoms with Gasteiger partial charge in [0.2, 0.25) is 5.91 Å². The van der Waals surface area contributed by atoms with E-state index < -0.39 is 11.4 Å². The Bertz CT molecular complexity index is 1430. The van der Waals surface area contributed by atoms with Gasteiger partial charge in [-0.1, -0.05) is 12.1 Å². The summed E-state index contributed by atoms with van der Waals surface area (Å²) in [6.07, 6.45) is 6.85. The Hall–Kier alpha value is -4.39. The minimum Gasteiger partial charge on any atom is -0.484 e. The molecule has 0 saturated heterocycles. The number of nitrogens with one attached hydrogen (secondary N) is 2. The van der Waals surface area contributed by atoms with Crippen molar-refractivity contribution in [2.24, 2.45) is 12.5 Å². The van der Waals surface area contributed by atoms with Crippen LogP contribution in [0.4, 0.5) is 0 Å². The lowest BCUT2D eigenvalue weighted by Crippen LogP contribution is -2.46. The molecule has 1 unspecified atom stereocenters. The summed E-state index contributed by atoms with van der Waals surface area (Å²) < 4.78 is 19.9. The molecule has 5 rings (SSSR count). The molecule has 2 aliphatic heterocycles. The molecule has 13 nitrogen and oxygen atoms in total. The third-order valence-corrected chi connectivity index (χ3v) is 7.76. The van der Waals surface area contributed by atoms with E-state index in [1.54, 1.807) is 48.0 Å².